The van der Waals surface area contributed by atoms with Crippen molar-refractivity contribution in [3.8, 4) is 113 Å². The molecule has 10 heteroatoms. The zero-order valence-electron chi connectivity index (χ0n) is 63.5. The molecule has 118 heavy (non-hydrogen) atoms. The first-order chi connectivity index (χ1) is 58.5. The fourth-order valence-corrected chi connectivity index (χ4v) is 20.0. The van der Waals surface area contributed by atoms with E-state index in [0.29, 0.717) is 34.9 Å². The minimum absolute atomic E-state index is 0.640. The van der Waals surface area contributed by atoms with E-state index in [1.54, 1.807) is 0 Å². The van der Waals surface area contributed by atoms with Crippen LogP contribution in [-0.4, -0.2) is 39.0 Å². The average Bonchev–Trinajstić information content (AvgIpc) is 1.07. The highest BCUT2D eigenvalue weighted by atomic mass is 32.1. The molecule has 0 N–H and O–H groups in total. The van der Waals surface area contributed by atoms with Crippen LogP contribution in [0.1, 0.15) is 0 Å². The quantitative estimate of drug-likeness (QED) is 0.120. The number of fused-ring (bicyclic) bond motifs is 18. The Bertz CT molecular complexity index is 7980. The van der Waals surface area contributed by atoms with Crippen molar-refractivity contribution in [3.63, 3.8) is 0 Å². The molecule has 0 fully saturated rings. The zero-order chi connectivity index (χ0) is 77.7. The normalized spacial score (nSPS) is 11.7. The molecule has 0 radical (unpaired) electrons. The van der Waals surface area contributed by atoms with Crippen LogP contribution >= 0.6 is 22.7 Å². The first kappa shape index (κ1) is 68.4. The van der Waals surface area contributed by atoms with Crippen molar-refractivity contribution in [1.82, 2.24) is 39.0 Å². The Labute approximate surface area is 686 Å². The van der Waals surface area contributed by atoms with Gasteiger partial charge in [0, 0.05) is 107 Å². The van der Waals surface area contributed by atoms with E-state index in [9.17, 15) is 0 Å². The summed E-state index contributed by atoms with van der Waals surface area (Å²) in [6.07, 6.45) is 0. The van der Waals surface area contributed by atoms with Crippen LogP contribution in [0.25, 0.3) is 229 Å². The molecule has 24 aromatic rings. The first-order valence-corrected chi connectivity index (χ1v) is 41.3. The van der Waals surface area contributed by atoms with E-state index in [2.05, 4.69) is 312 Å². The number of para-hydroxylation sites is 2. The second-order valence-electron chi connectivity index (χ2n) is 30.0. The van der Waals surface area contributed by atoms with Crippen molar-refractivity contribution in [2.45, 2.75) is 0 Å². The lowest BCUT2D eigenvalue weighted by molar-refractivity contribution is 1.07. The Balaban J connectivity index is 0.000000139. The van der Waals surface area contributed by atoms with Crippen molar-refractivity contribution in [2.24, 2.45) is 0 Å². The monoisotopic (exact) mass is 1540 g/mol. The van der Waals surface area contributed by atoms with Crippen LogP contribution in [-0.2, 0) is 0 Å². The van der Waals surface area contributed by atoms with Gasteiger partial charge in [-0.05, 0) is 145 Å². The molecular weight excluding hydrogens is 1470 g/mol. The van der Waals surface area contributed by atoms with Crippen molar-refractivity contribution in [3.05, 3.63) is 400 Å². The lowest BCUT2D eigenvalue weighted by Crippen LogP contribution is -2.00. The standard InChI is InChI=1S/C57H34N4S.C51H32N4S/c1-3-14-35(15-4-1)55-58-56(36-16-5-2-6-17-36)60-57(59-55)38-26-29-43-41-18-7-8-19-42(41)44-30-28-39(34-49(44)48(43)33-38)61-51-24-11-9-20-45(51)50-32-37(27-31-52(50)61)40-22-13-23-47-46-21-10-12-25-53(46)62-54(40)47;1-3-12-35(13-4-1)49-52-50(36-14-5-2-6-15-36)54-51(53-49)37-24-22-33(23-25-37)34-26-29-39(30-27-34)55-45-20-9-7-16-41(45)44-32-38(28-31-46(44)55)40-18-11-19-43-42-17-8-10-21-47(42)56-48(40)43/h1-34H;1-32H. The SMILES string of the molecule is c1ccc(-c2nc(-c3ccccc3)nc(-c3ccc(-c4ccc(-n5c6ccccc6c6cc(-c7cccc8c7sc7ccccc78)ccc65)cc4)cc3)n2)cc1.c1ccc(-c2nc(-c3ccccc3)nc(-c3ccc4c5ccccc5c5ccc(-n6c7ccccc7c7cc(-c8cccc9c8sc8ccccc89)ccc76)cc5c4c3)n2)cc1. The molecule has 6 heterocycles. The predicted octanol–water partition coefficient (Wildman–Crippen LogP) is 29.1. The van der Waals surface area contributed by atoms with E-state index in [1.807, 2.05) is 120 Å². The molecule has 6 aromatic heterocycles. The van der Waals surface area contributed by atoms with Crippen LogP contribution in [0.15, 0.2) is 400 Å². The van der Waals surface area contributed by atoms with Gasteiger partial charge in [-0.25, -0.2) is 29.9 Å². The van der Waals surface area contributed by atoms with Gasteiger partial charge < -0.3 is 9.13 Å². The van der Waals surface area contributed by atoms with Gasteiger partial charge in [0.25, 0.3) is 0 Å². The topological polar surface area (TPSA) is 87.2 Å². The summed E-state index contributed by atoms with van der Waals surface area (Å²) in [5.41, 5.74) is 20.0. The molecular formula is C108H66N8S2. The maximum Gasteiger partial charge on any atom is 0.164 e. The van der Waals surface area contributed by atoms with Gasteiger partial charge in [0.05, 0.1) is 22.1 Å². The summed E-state index contributed by atoms with van der Waals surface area (Å²) in [6.45, 7) is 0. The molecule has 0 bridgehead atoms. The molecule has 0 unspecified atom stereocenters. The Morgan fingerprint density at radius 2 is 0.449 bits per heavy atom. The Kier molecular flexibility index (Phi) is 16.5. The van der Waals surface area contributed by atoms with Crippen molar-refractivity contribution in [1.29, 1.82) is 0 Å². The summed E-state index contributed by atoms with van der Waals surface area (Å²) in [6, 6.07) is 143. The van der Waals surface area contributed by atoms with Crippen LogP contribution in [0.3, 0.4) is 0 Å². The molecule has 0 aliphatic carbocycles. The molecule has 0 saturated carbocycles. The Morgan fingerprint density at radius 3 is 0.898 bits per heavy atom. The Morgan fingerprint density at radius 1 is 0.161 bits per heavy atom. The molecule has 0 amide bonds. The summed E-state index contributed by atoms with van der Waals surface area (Å²) in [5, 5.41) is 17.4. The maximum atomic E-state index is 5.11. The molecule has 0 saturated heterocycles. The second kappa shape index (κ2) is 28.4. The molecule has 550 valence electrons. The zero-order valence-corrected chi connectivity index (χ0v) is 65.1. The van der Waals surface area contributed by atoms with Crippen LogP contribution < -0.4 is 0 Å². The second-order valence-corrected chi connectivity index (χ2v) is 32.1. The summed E-state index contributed by atoms with van der Waals surface area (Å²) in [5.74, 6) is 3.90. The number of hydrogen-bond donors (Lipinski definition) is 0. The van der Waals surface area contributed by atoms with Gasteiger partial charge in [0.2, 0.25) is 0 Å². The molecule has 0 spiro atoms. The summed E-state index contributed by atoms with van der Waals surface area (Å²) >= 11 is 3.76. The summed E-state index contributed by atoms with van der Waals surface area (Å²) < 4.78 is 10.1. The van der Waals surface area contributed by atoms with E-state index in [4.69, 9.17) is 29.9 Å². The van der Waals surface area contributed by atoms with Gasteiger partial charge in [-0.2, -0.15) is 0 Å². The lowest BCUT2D eigenvalue weighted by atomic mass is 9.93. The third kappa shape index (κ3) is 11.8. The van der Waals surface area contributed by atoms with Crippen LogP contribution in [0.2, 0.25) is 0 Å². The van der Waals surface area contributed by atoms with E-state index >= 15 is 0 Å². The number of aromatic nitrogens is 8. The third-order valence-corrected chi connectivity index (χ3v) is 25.6. The van der Waals surface area contributed by atoms with E-state index < -0.39 is 0 Å². The van der Waals surface area contributed by atoms with Gasteiger partial charge in [0.1, 0.15) is 0 Å². The minimum Gasteiger partial charge on any atom is -0.309 e. The number of nitrogens with zero attached hydrogens (tertiary/aromatic N) is 8. The number of rotatable bonds is 11. The van der Waals surface area contributed by atoms with Crippen molar-refractivity contribution < 1.29 is 0 Å². The number of hydrogen-bond acceptors (Lipinski definition) is 8. The lowest BCUT2D eigenvalue weighted by Gasteiger charge is -2.15. The molecule has 18 aromatic carbocycles. The van der Waals surface area contributed by atoms with Gasteiger partial charge in [0.15, 0.2) is 34.9 Å². The van der Waals surface area contributed by atoms with E-state index in [1.165, 1.54) is 133 Å². The van der Waals surface area contributed by atoms with Crippen molar-refractivity contribution >= 4 is 139 Å². The molecule has 0 atom stereocenters. The fourth-order valence-electron chi connectivity index (χ4n) is 17.5. The highest BCUT2D eigenvalue weighted by molar-refractivity contribution is 7.26. The average molecular weight is 1540 g/mol. The number of benzene rings is 18. The highest BCUT2D eigenvalue weighted by Gasteiger charge is 2.22. The minimum atomic E-state index is 0.640. The molecule has 8 nitrogen and oxygen atoms in total. The summed E-state index contributed by atoms with van der Waals surface area (Å²) in [4.78, 5) is 29.8. The van der Waals surface area contributed by atoms with Gasteiger partial charge >= 0.3 is 0 Å². The van der Waals surface area contributed by atoms with Gasteiger partial charge in [-0.1, -0.05) is 322 Å². The van der Waals surface area contributed by atoms with Crippen LogP contribution in [0, 0.1) is 0 Å². The molecule has 24 rings (SSSR count). The smallest absolute Gasteiger partial charge is 0.164 e. The largest absolute Gasteiger partial charge is 0.309 e. The number of thiophene rings is 2. The fraction of sp³-hybridized carbons (Fsp3) is 0. The first-order valence-electron chi connectivity index (χ1n) is 39.7. The molecule has 0 aliphatic rings. The maximum absolute atomic E-state index is 5.11. The predicted molar refractivity (Wildman–Crippen MR) is 496 cm³/mol. The highest BCUT2D eigenvalue weighted by Crippen LogP contribution is 2.47. The van der Waals surface area contributed by atoms with Crippen molar-refractivity contribution in [2.75, 3.05) is 0 Å². The third-order valence-electron chi connectivity index (χ3n) is 23.1. The Hall–Kier alpha value is -15.2. The van der Waals surface area contributed by atoms with E-state index in [-0.39, 0.29) is 0 Å². The van der Waals surface area contributed by atoms with Crippen LogP contribution in [0.4, 0.5) is 0 Å². The van der Waals surface area contributed by atoms with Gasteiger partial charge in [-0.15, -0.1) is 22.7 Å². The van der Waals surface area contributed by atoms with Crippen LogP contribution in [0.5, 0.6) is 0 Å². The van der Waals surface area contributed by atoms with Gasteiger partial charge in [-0.3, -0.25) is 0 Å². The molecule has 0 aliphatic heterocycles. The van der Waals surface area contributed by atoms with E-state index in [0.717, 1.165) is 61.3 Å². The summed E-state index contributed by atoms with van der Waals surface area (Å²) in [7, 11) is 0.